The van der Waals surface area contributed by atoms with Crippen LogP contribution in [-0.2, 0) is 78.2 Å². The molecule has 0 atom stereocenters. The lowest BCUT2D eigenvalue weighted by molar-refractivity contribution is 0.250. The molecule has 0 saturated carbocycles. The first-order valence-electron chi connectivity index (χ1n) is 28.8. The third-order valence-corrected chi connectivity index (χ3v) is 85.1. The lowest BCUT2D eigenvalue weighted by atomic mass is 11.8. The van der Waals surface area contributed by atoms with Gasteiger partial charge < -0.3 is 78.2 Å². The molecule has 488 valence electrons. The van der Waals surface area contributed by atoms with Gasteiger partial charge in [0.25, 0.3) is 0 Å². The normalized spacial score (nSPS) is 16.2. The van der Waals surface area contributed by atoms with Crippen LogP contribution in [0.1, 0.15) is 0 Å². The van der Waals surface area contributed by atoms with Crippen LogP contribution in [0.25, 0.3) is 0 Å². The Hall–Kier alpha value is 3.58. The second-order valence-corrected chi connectivity index (χ2v) is 106. The summed E-state index contributed by atoms with van der Waals surface area (Å²) < 4.78 is 130. The van der Waals surface area contributed by atoms with Gasteiger partial charge in [0.15, 0.2) is 16.6 Å². The van der Waals surface area contributed by atoms with Crippen molar-refractivity contribution < 1.29 is 78.2 Å². The van der Waals surface area contributed by atoms with E-state index in [4.69, 9.17) is 78.2 Å². The zero-order chi connectivity index (χ0) is 65.4. The van der Waals surface area contributed by atoms with Crippen molar-refractivity contribution >= 4 is 171 Å². The first kappa shape index (κ1) is 84.6. The van der Waals surface area contributed by atoms with Gasteiger partial charge in [-0.05, 0) is 275 Å². The van der Waals surface area contributed by atoms with Gasteiger partial charge in [0.05, 0.1) is 0 Å². The standard InChI is InChI=1S/C42H126O19Si20/c1-62(2,3)43-64(7,8)45-66(11,12)47-68(15,16)49-70(19,20)51-72(23,24)53-74(27,28)55-76(31,32)57-78(35,36)59-80(39,40)61-81(41,42)60-79(37,38)58-77(33,34)56-75(29,30)54-73(25,26)52-71(21,22)50-69(17,18)48-67(13,14)46-65(9,10)44-63(4,5)6/h1-42H3. The van der Waals surface area contributed by atoms with Gasteiger partial charge >= 0.3 is 154 Å². The summed E-state index contributed by atoms with van der Waals surface area (Å²) in [5, 5.41) is 0. The van der Waals surface area contributed by atoms with E-state index in [1.165, 1.54) is 0 Å². The van der Waals surface area contributed by atoms with Gasteiger partial charge in [-0.2, -0.15) is 0 Å². The molecule has 0 saturated heterocycles. The van der Waals surface area contributed by atoms with Gasteiger partial charge in [-0.3, -0.25) is 0 Å². The molecule has 0 unspecified atom stereocenters. The molecule has 0 rings (SSSR count). The predicted octanol–water partition coefficient (Wildman–Crippen LogP) is 15.6. The highest BCUT2D eigenvalue weighted by molar-refractivity contribution is 6.96. The first-order valence-corrected chi connectivity index (χ1v) is 86.3. The molecule has 0 bridgehead atoms. The number of hydrogen-bond acceptors (Lipinski definition) is 19. The lowest BCUT2D eigenvalue weighted by Crippen LogP contribution is -2.63. The van der Waals surface area contributed by atoms with Crippen molar-refractivity contribution in [3.63, 3.8) is 0 Å². The minimum absolute atomic E-state index is 1.79. The molecule has 19 nitrogen and oxygen atoms in total. The fourth-order valence-electron chi connectivity index (χ4n) is 11.9. The maximum Gasteiger partial charge on any atom is 0.314 e. The lowest BCUT2D eigenvalue weighted by Gasteiger charge is -2.45. The highest BCUT2D eigenvalue weighted by Gasteiger charge is 2.54. The molecule has 0 fully saturated rings. The van der Waals surface area contributed by atoms with Crippen molar-refractivity contribution in [3.8, 4) is 0 Å². The Morgan fingerprint density at radius 3 is 0.185 bits per heavy atom. The van der Waals surface area contributed by atoms with Crippen molar-refractivity contribution in [1.29, 1.82) is 0 Å². The Bertz CT molecular complexity index is 1870. The second kappa shape index (κ2) is 28.0. The van der Waals surface area contributed by atoms with Gasteiger partial charge in [0.1, 0.15) is 0 Å². The molecule has 0 radical (unpaired) electrons. The van der Waals surface area contributed by atoms with Crippen LogP contribution < -0.4 is 0 Å². The minimum Gasteiger partial charge on any atom is -0.437 e. The Kier molecular flexibility index (Phi) is 29.3. The SMILES string of the molecule is C[Si](C)(C)O[Si](C)(C)O[Si](C)(C)O[Si](C)(C)O[Si](C)(C)O[Si](C)(C)O[Si](C)(C)O[Si](C)(C)O[Si](C)(C)O[Si](C)(C)O[Si](C)(C)O[Si](C)(C)O[Si](C)(C)O[Si](C)(C)O[Si](C)(C)O[Si](C)(C)O[Si](C)(C)O[Si](C)(C)O[Si](C)(C)O[Si](C)(C)C. The van der Waals surface area contributed by atoms with E-state index in [0.717, 1.165) is 0 Å². The topological polar surface area (TPSA) is 175 Å². The molecule has 0 spiro atoms. The van der Waals surface area contributed by atoms with Crippen LogP contribution in [-0.4, -0.2) is 171 Å². The van der Waals surface area contributed by atoms with E-state index in [-0.39, 0.29) is 0 Å². The quantitative estimate of drug-likeness (QED) is 0.0533. The van der Waals surface area contributed by atoms with Crippen molar-refractivity contribution in [3.05, 3.63) is 0 Å². The summed E-state index contributed by atoms with van der Waals surface area (Å²) in [4.78, 5) is 0. The molecule has 0 aliphatic carbocycles. The Balaban J connectivity index is 5.82. The molecular weight excluding hydrogens is 1370 g/mol. The third-order valence-electron chi connectivity index (χ3n) is 9.46. The molecule has 0 aliphatic rings. The second-order valence-electron chi connectivity index (χ2n) is 31.4. The minimum atomic E-state index is -2.85. The van der Waals surface area contributed by atoms with Crippen LogP contribution in [0.2, 0.25) is 275 Å². The van der Waals surface area contributed by atoms with Gasteiger partial charge in [0, 0.05) is 0 Å². The van der Waals surface area contributed by atoms with Crippen LogP contribution in [0.3, 0.4) is 0 Å². The molecule has 81 heavy (non-hydrogen) atoms. The van der Waals surface area contributed by atoms with E-state index in [1.54, 1.807) is 0 Å². The van der Waals surface area contributed by atoms with E-state index < -0.39 is 171 Å². The largest absolute Gasteiger partial charge is 0.437 e. The van der Waals surface area contributed by atoms with Gasteiger partial charge in [-0.1, -0.05) is 0 Å². The summed E-state index contributed by atoms with van der Waals surface area (Å²) in [6, 6.07) is 0. The van der Waals surface area contributed by atoms with E-state index in [1.807, 2.05) is 0 Å². The van der Waals surface area contributed by atoms with E-state index >= 15 is 0 Å². The summed E-state index contributed by atoms with van der Waals surface area (Å²) >= 11 is 0. The first-order chi connectivity index (χ1) is 34.4. The summed E-state index contributed by atoms with van der Waals surface area (Å²) in [5.41, 5.74) is 0. The summed E-state index contributed by atoms with van der Waals surface area (Å²) in [7, 11) is -52.9. The third kappa shape index (κ3) is 40.2. The zero-order valence-corrected chi connectivity index (χ0v) is 79.8. The smallest absolute Gasteiger partial charge is 0.314 e. The monoisotopic (exact) mass is 1490 g/mol. The molecule has 0 aromatic carbocycles. The van der Waals surface area contributed by atoms with Crippen molar-refractivity contribution in [2.75, 3.05) is 0 Å². The van der Waals surface area contributed by atoms with Gasteiger partial charge in [0.2, 0.25) is 0 Å². The van der Waals surface area contributed by atoms with Crippen LogP contribution >= 0.6 is 0 Å². The van der Waals surface area contributed by atoms with Gasteiger partial charge in [-0.25, -0.2) is 0 Å². The number of rotatable bonds is 38. The summed E-state index contributed by atoms with van der Waals surface area (Å²) in [5.74, 6) is 0. The van der Waals surface area contributed by atoms with Crippen molar-refractivity contribution in [2.45, 2.75) is 275 Å². The Morgan fingerprint density at radius 1 is 0.0864 bits per heavy atom. The Labute approximate surface area is 519 Å². The van der Waals surface area contributed by atoms with Crippen molar-refractivity contribution in [2.24, 2.45) is 0 Å². The summed E-state index contributed by atoms with van der Waals surface area (Å²) in [6.07, 6.45) is 0. The fraction of sp³-hybridized carbons (Fsp3) is 1.00. The number of hydrogen-bond donors (Lipinski definition) is 0. The van der Waals surface area contributed by atoms with Gasteiger partial charge in [-0.15, -0.1) is 0 Å². The molecule has 0 heterocycles. The molecule has 39 heteroatoms. The molecule has 0 aliphatic heterocycles. The van der Waals surface area contributed by atoms with E-state index in [2.05, 4.69) is 275 Å². The average Bonchev–Trinajstić information content (AvgIpc) is 2.90. The van der Waals surface area contributed by atoms with Crippen molar-refractivity contribution in [1.82, 2.24) is 0 Å². The van der Waals surface area contributed by atoms with Crippen LogP contribution in [0.15, 0.2) is 0 Å². The van der Waals surface area contributed by atoms with Crippen LogP contribution in [0.4, 0.5) is 0 Å². The van der Waals surface area contributed by atoms with Crippen LogP contribution in [0.5, 0.6) is 0 Å². The fourth-order valence-corrected chi connectivity index (χ4v) is 114. The molecule has 0 aromatic rings. The summed E-state index contributed by atoms with van der Waals surface area (Å²) in [6.45, 7) is 87.6. The molecule has 0 N–H and O–H groups in total. The van der Waals surface area contributed by atoms with E-state index in [9.17, 15) is 0 Å². The highest BCUT2D eigenvalue weighted by Crippen LogP contribution is 2.35. The Morgan fingerprint density at radius 2 is 0.136 bits per heavy atom. The maximum atomic E-state index is 6.95. The molecular formula is C42H126O19Si20. The van der Waals surface area contributed by atoms with Crippen LogP contribution in [0, 0.1) is 0 Å². The maximum absolute atomic E-state index is 6.95. The molecule has 0 amide bonds. The predicted molar refractivity (Wildman–Crippen MR) is 382 cm³/mol. The molecule has 0 aromatic heterocycles. The average molecular weight is 1500 g/mol. The highest BCUT2D eigenvalue weighted by atomic mass is 28.6. The zero-order valence-electron chi connectivity index (χ0n) is 59.8. The van der Waals surface area contributed by atoms with E-state index in [0.29, 0.717) is 0 Å².